The summed E-state index contributed by atoms with van der Waals surface area (Å²) < 4.78 is 0. The third-order valence-corrected chi connectivity index (χ3v) is 2.53. The summed E-state index contributed by atoms with van der Waals surface area (Å²) in [4.78, 5) is 4.16. The molecular weight excluding hydrogens is 190 g/mol. The SMILES string of the molecule is Cc1ccnc(NC(CO)C(C)C)c1N. The minimum atomic E-state index is -0.0124. The number of rotatable bonds is 4. The zero-order valence-corrected chi connectivity index (χ0v) is 9.49. The molecule has 1 atom stereocenters. The van der Waals surface area contributed by atoms with E-state index in [0.717, 1.165) is 5.56 Å². The molecule has 1 heterocycles. The molecule has 0 amide bonds. The van der Waals surface area contributed by atoms with Crippen LogP contribution in [0.25, 0.3) is 0 Å². The van der Waals surface area contributed by atoms with E-state index in [0.29, 0.717) is 17.4 Å². The Morgan fingerprint density at radius 1 is 1.53 bits per heavy atom. The Labute approximate surface area is 90.5 Å². The number of pyridine rings is 1. The topological polar surface area (TPSA) is 71.2 Å². The first-order chi connectivity index (χ1) is 7.06. The van der Waals surface area contributed by atoms with Crippen LogP contribution >= 0.6 is 0 Å². The van der Waals surface area contributed by atoms with Crippen LogP contribution < -0.4 is 11.1 Å². The number of aromatic nitrogens is 1. The number of hydrogen-bond donors (Lipinski definition) is 3. The van der Waals surface area contributed by atoms with Gasteiger partial charge in [-0.2, -0.15) is 0 Å². The van der Waals surface area contributed by atoms with Crippen molar-refractivity contribution in [3.63, 3.8) is 0 Å². The van der Waals surface area contributed by atoms with Crippen molar-refractivity contribution in [1.82, 2.24) is 4.98 Å². The smallest absolute Gasteiger partial charge is 0.149 e. The van der Waals surface area contributed by atoms with Gasteiger partial charge in [0, 0.05) is 6.20 Å². The van der Waals surface area contributed by atoms with Crippen molar-refractivity contribution in [2.45, 2.75) is 26.8 Å². The van der Waals surface area contributed by atoms with Crippen molar-refractivity contribution in [2.75, 3.05) is 17.7 Å². The predicted octanol–water partition coefficient (Wildman–Crippen LogP) is 1.40. The van der Waals surface area contributed by atoms with E-state index in [-0.39, 0.29) is 12.6 Å². The highest BCUT2D eigenvalue weighted by molar-refractivity contribution is 5.65. The molecule has 0 aliphatic rings. The third kappa shape index (κ3) is 2.83. The summed E-state index contributed by atoms with van der Waals surface area (Å²) in [6, 6.07) is 1.85. The monoisotopic (exact) mass is 209 g/mol. The van der Waals surface area contributed by atoms with Gasteiger partial charge in [-0.05, 0) is 24.5 Å². The molecule has 1 aromatic rings. The largest absolute Gasteiger partial charge is 0.396 e. The van der Waals surface area contributed by atoms with Gasteiger partial charge in [0.2, 0.25) is 0 Å². The molecule has 0 fully saturated rings. The van der Waals surface area contributed by atoms with E-state index >= 15 is 0 Å². The van der Waals surface area contributed by atoms with Crippen molar-refractivity contribution in [1.29, 1.82) is 0 Å². The first-order valence-corrected chi connectivity index (χ1v) is 5.14. The molecule has 0 bridgehead atoms. The van der Waals surface area contributed by atoms with E-state index in [1.165, 1.54) is 0 Å². The van der Waals surface area contributed by atoms with Crippen molar-refractivity contribution in [2.24, 2.45) is 5.92 Å². The van der Waals surface area contributed by atoms with Crippen molar-refractivity contribution in [3.8, 4) is 0 Å². The minimum Gasteiger partial charge on any atom is -0.396 e. The normalized spacial score (nSPS) is 12.9. The van der Waals surface area contributed by atoms with Crippen LogP contribution in [0.3, 0.4) is 0 Å². The maximum atomic E-state index is 9.19. The summed E-state index contributed by atoms with van der Waals surface area (Å²) in [5.74, 6) is 0.986. The molecular formula is C11H19N3O. The number of anilines is 2. The molecule has 0 aliphatic heterocycles. The minimum absolute atomic E-state index is 0.0124. The van der Waals surface area contributed by atoms with Crippen molar-refractivity contribution in [3.05, 3.63) is 17.8 Å². The zero-order chi connectivity index (χ0) is 11.4. The number of aliphatic hydroxyl groups excluding tert-OH is 1. The zero-order valence-electron chi connectivity index (χ0n) is 9.49. The van der Waals surface area contributed by atoms with Crippen LogP contribution in [0.4, 0.5) is 11.5 Å². The van der Waals surface area contributed by atoms with Gasteiger partial charge in [0.15, 0.2) is 0 Å². The molecule has 4 heteroatoms. The highest BCUT2D eigenvalue weighted by Gasteiger charge is 2.14. The fourth-order valence-corrected chi connectivity index (χ4v) is 1.28. The van der Waals surface area contributed by atoms with Gasteiger partial charge >= 0.3 is 0 Å². The molecule has 0 aromatic carbocycles. The molecule has 0 radical (unpaired) electrons. The number of nitrogens with two attached hydrogens (primary N) is 1. The Hall–Kier alpha value is -1.29. The van der Waals surface area contributed by atoms with E-state index in [1.54, 1.807) is 6.20 Å². The van der Waals surface area contributed by atoms with Gasteiger partial charge in [0.25, 0.3) is 0 Å². The molecule has 0 saturated heterocycles. The van der Waals surface area contributed by atoms with E-state index in [2.05, 4.69) is 10.3 Å². The Bertz CT molecular complexity index is 326. The Kier molecular flexibility index (Phi) is 3.91. The van der Waals surface area contributed by atoms with Crippen LogP contribution in [0.5, 0.6) is 0 Å². The molecule has 1 aromatic heterocycles. The number of nitrogens with zero attached hydrogens (tertiary/aromatic N) is 1. The number of nitrogens with one attached hydrogen (secondary N) is 1. The molecule has 0 aliphatic carbocycles. The second kappa shape index (κ2) is 4.98. The lowest BCUT2D eigenvalue weighted by molar-refractivity contribution is 0.249. The Morgan fingerprint density at radius 2 is 2.20 bits per heavy atom. The maximum absolute atomic E-state index is 9.19. The first kappa shape index (κ1) is 11.8. The van der Waals surface area contributed by atoms with E-state index in [9.17, 15) is 5.11 Å². The number of hydrogen-bond acceptors (Lipinski definition) is 4. The van der Waals surface area contributed by atoms with Gasteiger partial charge in [0.05, 0.1) is 18.3 Å². The highest BCUT2D eigenvalue weighted by Crippen LogP contribution is 2.20. The van der Waals surface area contributed by atoms with Gasteiger partial charge in [-0.3, -0.25) is 0 Å². The molecule has 0 spiro atoms. The van der Waals surface area contributed by atoms with E-state index < -0.39 is 0 Å². The van der Waals surface area contributed by atoms with E-state index in [1.807, 2.05) is 26.8 Å². The average Bonchev–Trinajstić information content (AvgIpc) is 2.19. The number of nitrogen functional groups attached to an aromatic ring is 1. The lowest BCUT2D eigenvalue weighted by atomic mass is 10.1. The molecule has 15 heavy (non-hydrogen) atoms. The molecule has 4 nitrogen and oxygen atoms in total. The fraction of sp³-hybridized carbons (Fsp3) is 0.545. The second-order valence-corrected chi connectivity index (χ2v) is 4.07. The standard InChI is InChI=1S/C11H19N3O/c1-7(2)9(6-15)14-11-10(12)8(3)4-5-13-11/h4-5,7,9,15H,6,12H2,1-3H3,(H,13,14). The van der Waals surface area contributed by atoms with Crippen LogP contribution in [-0.2, 0) is 0 Å². The van der Waals surface area contributed by atoms with Crippen LogP contribution in [0, 0.1) is 12.8 Å². The molecule has 4 N–H and O–H groups in total. The second-order valence-electron chi connectivity index (χ2n) is 4.07. The number of aryl methyl sites for hydroxylation is 1. The van der Waals surface area contributed by atoms with Gasteiger partial charge < -0.3 is 16.2 Å². The molecule has 1 unspecified atom stereocenters. The van der Waals surface area contributed by atoms with Crippen LogP contribution in [0.15, 0.2) is 12.3 Å². The summed E-state index contributed by atoms with van der Waals surface area (Å²) >= 11 is 0. The fourth-order valence-electron chi connectivity index (χ4n) is 1.28. The third-order valence-electron chi connectivity index (χ3n) is 2.53. The highest BCUT2D eigenvalue weighted by atomic mass is 16.3. The molecule has 0 saturated carbocycles. The lowest BCUT2D eigenvalue weighted by Gasteiger charge is -2.21. The summed E-state index contributed by atoms with van der Waals surface area (Å²) in [5.41, 5.74) is 7.52. The predicted molar refractivity (Wildman–Crippen MR) is 62.7 cm³/mol. The van der Waals surface area contributed by atoms with Crippen molar-refractivity contribution >= 4 is 11.5 Å². The number of aliphatic hydroxyl groups is 1. The van der Waals surface area contributed by atoms with Crippen LogP contribution in [0.1, 0.15) is 19.4 Å². The first-order valence-electron chi connectivity index (χ1n) is 5.14. The summed E-state index contributed by atoms with van der Waals surface area (Å²) in [6.45, 7) is 6.10. The average molecular weight is 209 g/mol. The summed E-state index contributed by atoms with van der Waals surface area (Å²) in [7, 11) is 0. The van der Waals surface area contributed by atoms with Gasteiger partial charge in [-0.15, -0.1) is 0 Å². The van der Waals surface area contributed by atoms with Crippen molar-refractivity contribution < 1.29 is 5.11 Å². The van der Waals surface area contributed by atoms with Gasteiger partial charge in [-0.25, -0.2) is 4.98 Å². The quantitative estimate of drug-likeness (QED) is 0.701. The van der Waals surface area contributed by atoms with Crippen LogP contribution in [-0.4, -0.2) is 22.7 Å². The van der Waals surface area contributed by atoms with Gasteiger partial charge in [0.1, 0.15) is 5.82 Å². The van der Waals surface area contributed by atoms with Crippen LogP contribution in [0.2, 0.25) is 0 Å². The maximum Gasteiger partial charge on any atom is 0.149 e. The molecule has 84 valence electrons. The Balaban J connectivity index is 2.84. The lowest BCUT2D eigenvalue weighted by Crippen LogP contribution is -2.30. The summed E-state index contributed by atoms with van der Waals surface area (Å²) in [5, 5.41) is 12.3. The Morgan fingerprint density at radius 3 is 2.73 bits per heavy atom. The van der Waals surface area contributed by atoms with Gasteiger partial charge in [-0.1, -0.05) is 13.8 Å². The molecule has 1 rings (SSSR count). The van der Waals surface area contributed by atoms with E-state index in [4.69, 9.17) is 5.73 Å². The summed E-state index contributed by atoms with van der Waals surface area (Å²) in [6.07, 6.45) is 1.71.